The van der Waals surface area contributed by atoms with E-state index >= 15 is 0 Å². The maximum absolute atomic E-state index is 11.7. The first-order valence-electron chi connectivity index (χ1n) is 9.43. The van der Waals surface area contributed by atoms with Gasteiger partial charge in [0.15, 0.2) is 17.5 Å². The molecule has 0 unspecified atom stereocenters. The zero-order valence-corrected chi connectivity index (χ0v) is 20.4. The lowest BCUT2D eigenvalue weighted by molar-refractivity contribution is 0.0599. The van der Waals surface area contributed by atoms with Gasteiger partial charge in [-0.25, -0.2) is 9.79 Å². The average Bonchev–Trinajstić information content (AvgIpc) is 3.11. The van der Waals surface area contributed by atoms with Crippen LogP contribution in [0.15, 0.2) is 33.7 Å². The third kappa shape index (κ3) is 7.12. The first kappa shape index (κ1) is 25.6. The second kappa shape index (κ2) is 13.0. The molecule has 0 saturated heterocycles. The number of ether oxygens (including phenoxy) is 3. The number of rotatable bonds is 9. The standard InChI is InChI=1S/C21H29N3O5.HI/c1-6-22-21(24-13-16-12-17(14(2)29-16)20(25)28-5)23-10-9-15-7-8-18(26-3)19(11-15)27-4;/h7-8,11-12H,6,9-10,13H2,1-5H3,(H2,22,23,24);1H. The van der Waals surface area contributed by atoms with Crippen LogP contribution in [0.5, 0.6) is 11.5 Å². The molecule has 1 aromatic carbocycles. The number of carbonyl (C=O) groups excluding carboxylic acids is 1. The van der Waals surface area contributed by atoms with Gasteiger partial charge in [-0.1, -0.05) is 6.07 Å². The van der Waals surface area contributed by atoms with Crippen molar-refractivity contribution in [3.05, 3.63) is 46.9 Å². The number of esters is 1. The van der Waals surface area contributed by atoms with Gasteiger partial charge in [0.05, 0.1) is 21.3 Å². The number of nitrogens with one attached hydrogen (secondary N) is 2. The maximum Gasteiger partial charge on any atom is 0.341 e. The van der Waals surface area contributed by atoms with Crippen LogP contribution < -0.4 is 20.1 Å². The van der Waals surface area contributed by atoms with E-state index in [9.17, 15) is 4.79 Å². The minimum absolute atomic E-state index is 0. The number of furan rings is 1. The van der Waals surface area contributed by atoms with E-state index in [4.69, 9.17) is 18.6 Å². The Labute approximate surface area is 194 Å². The Bertz CT molecular complexity index is 851. The first-order valence-corrected chi connectivity index (χ1v) is 9.43. The maximum atomic E-state index is 11.7. The van der Waals surface area contributed by atoms with E-state index in [1.807, 2.05) is 25.1 Å². The number of guanidine groups is 1. The molecular formula is C21H30IN3O5. The fraction of sp³-hybridized carbons (Fsp3) is 0.429. The quantitative estimate of drug-likeness (QED) is 0.222. The van der Waals surface area contributed by atoms with Crippen molar-refractivity contribution in [1.82, 2.24) is 10.6 Å². The van der Waals surface area contributed by atoms with Gasteiger partial charge >= 0.3 is 5.97 Å². The van der Waals surface area contributed by atoms with Crippen LogP contribution in [0.25, 0.3) is 0 Å². The summed E-state index contributed by atoms with van der Waals surface area (Å²) in [6, 6.07) is 7.53. The van der Waals surface area contributed by atoms with Gasteiger partial charge in [0, 0.05) is 13.1 Å². The fourth-order valence-corrected chi connectivity index (χ4v) is 2.79. The second-order valence-corrected chi connectivity index (χ2v) is 6.24. The van der Waals surface area contributed by atoms with Gasteiger partial charge < -0.3 is 29.3 Å². The second-order valence-electron chi connectivity index (χ2n) is 6.24. The lowest BCUT2D eigenvalue weighted by atomic mass is 10.1. The summed E-state index contributed by atoms with van der Waals surface area (Å²) in [6.07, 6.45) is 0.789. The Morgan fingerprint density at radius 1 is 1.10 bits per heavy atom. The summed E-state index contributed by atoms with van der Waals surface area (Å²) in [4.78, 5) is 16.2. The Morgan fingerprint density at radius 3 is 2.47 bits per heavy atom. The molecule has 9 heteroatoms. The Balaban J connectivity index is 0.00000450. The van der Waals surface area contributed by atoms with Gasteiger partial charge in [0.2, 0.25) is 0 Å². The molecule has 8 nitrogen and oxygen atoms in total. The minimum Gasteiger partial charge on any atom is -0.493 e. The van der Waals surface area contributed by atoms with Crippen LogP contribution in [0.3, 0.4) is 0 Å². The number of hydrogen-bond donors (Lipinski definition) is 2. The Hall–Kier alpha value is -2.43. The molecule has 0 spiro atoms. The monoisotopic (exact) mass is 531 g/mol. The molecule has 166 valence electrons. The summed E-state index contributed by atoms with van der Waals surface area (Å²) in [5, 5.41) is 6.49. The van der Waals surface area contributed by atoms with Crippen LogP contribution in [-0.4, -0.2) is 46.3 Å². The van der Waals surface area contributed by atoms with E-state index in [0.29, 0.717) is 47.6 Å². The highest BCUT2D eigenvalue weighted by molar-refractivity contribution is 14.0. The predicted octanol–water partition coefficient (Wildman–Crippen LogP) is 3.31. The van der Waals surface area contributed by atoms with Gasteiger partial charge in [0.1, 0.15) is 23.6 Å². The van der Waals surface area contributed by atoms with E-state index in [1.54, 1.807) is 27.2 Å². The van der Waals surface area contributed by atoms with E-state index in [0.717, 1.165) is 18.5 Å². The molecule has 2 N–H and O–H groups in total. The van der Waals surface area contributed by atoms with Crippen molar-refractivity contribution in [3.8, 4) is 11.5 Å². The summed E-state index contributed by atoms with van der Waals surface area (Å²) >= 11 is 0. The number of benzene rings is 1. The largest absolute Gasteiger partial charge is 0.493 e. The minimum atomic E-state index is -0.415. The summed E-state index contributed by atoms with van der Waals surface area (Å²) < 4.78 is 20.9. The number of halogens is 1. The molecule has 1 heterocycles. The van der Waals surface area contributed by atoms with E-state index in [2.05, 4.69) is 15.6 Å². The molecular weight excluding hydrogens is 501 g/mol. The number of methoxy groups -OCH3 is 3. The van der Waals surface area contributed by atoms with E-state index in [-0.39, 0.29) is 24.0 Å². The van der Waals surface area contributed by atoms with Crippen molar-refractivity contribution in [2.45, 2.75) is 26.8 Å². The predicted molar refractivity (Wildman–Crippen MR) is 126 cm³/mol. The number of nitrogens with zero attached hydrogens (tertiary/aromatic N) is 1. The Kier molecular flexibility index (Phi) is 11.1. The van der Waals surface area contributed by atoms with E-state index in [1.165, 1.54) is 7.11 Å². The molecule has 0 aliphatic carbocycles. The summed E-state index contributed by atoms with van der Waals surface area (Å²) in [5.41, 5.74) is 1.54. The summed E-state index contributed by atoms with van der Waals surface area (Å²) in [6.45, 7) is 5.45. The van der Waals surface area contributed by atoms with Gasteiger partial charge in [-0.3, -0.25) is 0 Å². The Morgan fingerprint density at radius 2 is 1.83 bits per heavy atom. The van der Waals surface area contributed by atoms with Crippen molar-refractivity contribution in [1.29, 1.82) is 0 Å². The number of aryl methyl sites for hydroxylation is 1. The topological polar surface area (TPSA) is 94.3 Å². The molecule has 0 fully saturated rings. The summed E-state index contributed by atoms with van der Waals surface area (Å²) in [7, 11) is 4.59. The zero-order valence-electron chi connectivity index (χ0n) is 18.0. The van der Waals surface area contributed by atoms with Crippen LogP contribution in [0.4, 0.5) is 0 Å². The first-order chi connectivity index (χ1) is 14.0. The van der Waals surface area contributed by atoms with Crippen LogP contribution >= 0.6 is 24.0 Å². The highest BCUT2D eigenvalue weighted by atomic mass is 127. The normalized spacial score (nSPS) is 10.8. The molecule has 0 atom stereocenters. The van der Waals surface area contributed by atoms with Crippen LogP contribution in [-0.2, 0) is 17.7 Å². The number of aliphatic imine (C=N–C) groups is 1. The van der Waals surface area contributed by atoms with Gasteiger partial charge in [0.25, 0.3) is 0 Å². The van der Waals surface area contributed by atoms with Crippen molar-refractivity contribution in [3.63, 3.8) is 0 Å². The van der Waals surface area contributed by atoms with Crippen molar-refractivity contribution in [2.24, 2.45) is 4.99 Å². The molecule has 30 heavy (non-hydrogen) atoms. The van der Waals surface area contributed by atoms with Gasteiger partial charge in [-0.2, -0.15) is 0 Å². The molecule has 0 amide bonds. The number of carbonyl (C=O) groups is 1. The lowest BCUT2D eigenvalue weighted by Gasteiger charge is -2.12. The highest BCUT2D eigenvalue weighted by Gasteiger charge is 2.15. The molecule has 0 saturated carbocycles. The third-order valence-electron chi connectivity index (χ3n) is 4.27. The van der Waals surface area contributed by atoms with Crippen LogP contribution in [0.1, 0.15) is 34.4 Å². The van der Waals surface area contributed by atoms with Gasteiger partial charge in [-0.05, 0) is 44.0 Å². The number of hydrogen-bond acceptors (Lipinski definition) is 6. The smallest absolute Gasteiger partial charge is 0.341 e. The van der Waals surface area contributed by atoms with Crippen LogP contribution in [0, 0.1) is 6.92 Å². The molecule has 0 bridgehead atoms. The lowest BCUT2D eigenvalue weighted by Crippen LogP contribution is -2.38. The van der Waals surface area contributed by atoms with E-state index < -0.39 is 5.97 Å². The van der Waals surface area contributed by atoms with Crippen molar-refractivity contribution < 1.29 is 23.4 Å². The molecule has 2 aromatic rings. The fourth-order valence-electron chi connectivity index (χ4n) is 2.79. The molecule has 1 aromatic heterocycles. The molecule has 2 rings (SSSR count). The average molecular weight is 531 g/mol. The molecule has 0 aliphatic rings. The van der Waals surface area contributed by atoms with Crippen molar-refractivity contribution in [2.75, 3.05) is 34.4 Å². The van der Waals surface area contributed by atoms with Crippen molar-refractivity contribution >= 4 is 35.9 Å². The molecule has 0 radical (unpaired) electrons. The third-order valence-corrected chi connectivity index (χ3v) is 4.27. The van der Waals surface area contributed by atoms with Crippen LogP contribution in [0.2, 0.25) is 0 Å². The highest BCUT2D eigenvalue weighted by Crippen LogP contribution is 2.27. The SMILES string of the molecule is CCNC(=NCc1cc(C(=O)OC)c(C)o1)NCCc1ccc(OC)c(OC)c1.I. The zero-order chi connectivity index (χ0) is 21.2. The summed E-state index contributed by atoms with van der Waals surface area (Å²) in [5.74, 6) is 2.79. The molecule has 0 aliphatic heterocycles. The van der Waals surface area contributed by atoms with Gasteiger partial charge in [-0.15, -0.1) is 24.0 Å².